The Bertz CT molecular complexity index is 419. The predicted molar refractivity (Wildman–Crippen MR) is 62.2 cm³/mol. The second-order valence-corrected chi connectivity index (χ2v) is 3.50. The van der Waals surface area contributed by atoms with Crippen LogP contribution in [0.25, 0.3) is 0 Å². The molecule has 5 heteroatoms. The first-order valence-corrected chi connectivity index (χ1v) is 5.10. The number of hydrogen-bond acceptors (Lipinski definition) is 4. The molecule has 0 aliphatic carbocycles. The van der Waals surface area contributed by atoms with E-state index in [1.165, 1.54) is 12.3 Å². The lowest BCUT2D eigenvalue weighted by atomic mass is 10.1. The van der Waals surface area contributed by atoms with Crippen molar-refractivity contribution in [1.29, 1.82) is 0 Å². The summed E-state index contributed by atoms with van der Waals surface area (Å²) in [5, 5.41) is 6.94. The summed E-state index contributed by atoms with van der Waals surface area (Å²) < 4.78 is 13.4. The zero-order chi connectivity index (χ0) is 11.4. The molecule has 0 fully saturated rings. The van der Waals surface area contributed by atoms with Crippen LogP contribution >= 0.6 is 0 Å². The van der Waals surface area contributed by atoms with E-state index in [0.29, 0.717) is 11.5 Å². The van der Waals surface area contributed by atoms with E-state index in [4.69, 9.17) is 0 Å². The Morgan fingerprint density at radius 1 is 1.56 bits per heavy atom. The van der Waals surface area contributed by atoms with Gasteiger partial charge in [-0.3, -0.25) is 0 Å². The molecule has 0 radical (unpaired) electrons. The fourth-order valence-corrected chi connectivity index (χ4v) is 1.44. The van der Waals surface area contributed by atoms with Crippen molar-refractivity contribution in [1.82, 2.24) is 10.7 Å². The molecule has 1 heterocycles. The van der Waals surface area contributed by atoms with Crippen molar-refractivity contribution in [3.63, 3.8) is 0 Å². The number of rotatable bonds is 2. The molecule has 1 aliphatic heterocycles. The number of benzene rings is 1. The number of aryl methyl sites for hydroxylation is 1. The molecule has 0 unspecified atom stereocenters. The first-order chi connectivity index (χ1) is 7.77. The fourth-order valence-electron chi connectivity index (χ4n) is 1.44. The van der Waals surface area contributed by atoms with E-state index in [1.54, 1.807) is 6.07 Å². The molecule has 0 saturated heterocycles. The third kappa shape index (κ3) is 2.36. The predicted octanol–water partition coefficient (Wildman–Crippen LogP) is 1.02. The highest BCUT2D eigenvalue weighted by Gasteiger charge is 2.03. The van der Waals surface area contributed by atoms with Crippen molar-refractivity contribution in [2.45, 2.75) is 6.92 Å². The largest absolute Gasteiger partial charge is 0.353 e. The number of halogens is 1. The van der Waals surface area contributed by atoms with Gasteiger partial charge in [0.2, 0.25) is 5.96 Å². The Labute approximate surface area is 93.3 Å². The van der Waals surface area contributed by atoms with Crippen molar-refractivity contribution in [3.8, 4) is 0 Å². The third-order valence-electron chi connectivity index (χ3n) is 2.31. The average molecular weight is 220 g/mol. The van der Waals surface area contributed by atoms with Crippen LogP contribution in [0.15, 0.2) is 28.3 Å². The van der Waals surface area contributed by atoms with Gasteiger partial charge in [-0.05, 0) is 18.6 Å². The molecule has 0 spiro atoms. The minimum Gasteiger partial charge on any atom is -0.353 e. The van der Waals surface area contributed by atoms with Gasteiger partial charge < -0.3 is 5.32 Å². The topological polar surface area (TPSA) is 48.8 Å². The van der Waals surface area contributed by atoms with Crippen molar-refractivity contribution in [3.05, 3.63) is 35.1 Å². The van der Waals surface area contributed by atoms with Gasteiger partial charge in [0, 0.05) is 12.1 Å². The first-order valence-electron chi connectivity index (χ1n) is 5.10. The van der Waals surface area contributed by atoms with Gasteiger partial charge in [0.25, 0.3) is 0 Å². The number of nitrogens with zero attached hydrogens (tertiary/aromatic N) is 2. The molecule has 16 heavy (non-hydrogen) atoms. The lowest BCUT2D eigenvalue weighted by Crippen LogP contribution is -2.30. The number of hydrogen-bond donors (Lipinski definition) is 2. The summed E-state index contributed by atoms with van der Waals surface area (Å²) in [6.07, 6.45) is 1.47. The lowest BCUT2D eigenvalue weighted by molar-refractivity contribution is 0.624. The SMILES string of the molecule is Cc1cccc(F)c1/C=N/NC1=NCCN1. The van der Waals surface area contributed by atoms with E-state index in [1.807, 2.05) is 13.0 Å². The summed E-state index contributed by atoms with van der Waals surface area (Å²) in [6.45, 7) is 3.41. The summed E-state index contributed by atoms with van der Waals surface area (Å²) in [6, 6.07) is 4.94. The zero-order valence-electron chi connectivity index (χ0n) is 9.00. The van der Waals surface area contributed by atoms with Crippen molar-refractivity contribution in [2.24, 2.45) is 10.1 Å². The Hall–Kier alpha value is -1.91. The summed E-state index contributed by atoms with van der Waals surface area (Å²) in [5.41, 5.74) is 4.07. The average Bonchev–Trinajstić information content (AvgIpc) is 2.75. The van der Waals surface area contributed by atoms with E-state index in [2.05, 4.69) is 20.8 Å². The maximum atomic E-state index is 13.4. The van der Waals surface area contributed by atoms with Crippen LogP contribution in [-0.4, -0.2) is 25.3 Å². The number of hydrazone groups is 1. The minimum atomic E-state index is -0.271. The van der Waals surface area contributed by atoms with Gasteiger partial charge in [0.15, 0.2) is 0 Å². The Balaban J connectivity index is 2.05. The number of aliphatic imine (C=N–C) groups is 1. The Kier molecular flexibility index (Phi) is 3.14. The Morgan fingerprint density at radius 3 is 3.12 bits per heavy atom. The van der Waals surface area contributed by atoms with Gasteiger partial charge in [-0.15, -0.1) is 0 Å². The molecule has 0 amide bonds. The normalized spacial score (nSPS) is 15.0. The third-order valence-corrected chi connectivity index (χ3v) is 2.31. The van der Waals surface area contributed by atoms with Gasteiger partial charge >= 0.3 is 0 Å². The standard InChI is InChI=1S/C11H13FN4/c1-8-3-2-4-10(12)9(8)7-15-16-11-13-5-6-14-11/h2-4,7H,5-6H2,1H3,(H2,13,14,16)/b15-7+. The second kappa shape index (κ2) is 4.74. The van der Waals surface area contributed by atoms with E-state index in [0.717, 1.165) is 18.7 Å². The second-order valence-electron chi connectivity index (χ2n) is 3.50. The molecular weight excluding hydrogens is 207 g/mol. The van der Waals surface area contributed by atoms with Crippen LogP contribution in [-0.2, 0) is 0 Å². The summed E-state index contributed by atoms with van der Waals surface area (Å²) in [7, 11) is 0. The molecule has 1 aromatic carbocycles. The van der Waals surface area contributed by atoms with Crippen LogP contribution in [0.4, 0.5) is 4.39 Å². The van der Waals surface area contributed by atoms with Gasteiger partial charge in [-0.1, -0.05) is 12.1 Å². The van der Waals surface area contributed by atoms with Crippen LogP contribution in [0, 0.1) is 12.7 Å². The molecule has 0 atom stereocenters. The van der Waals surface area contributed by atoms with Gasteiger partial charge in [-0.2, -0.15) is 5.10 Å². The van der Waals surface area contributed by atoms with Crippen LogP contribution in [0.1, 0.15) is 11.1 Å². The van der Waals surface area contributed by atoms with Gasteiger partial charge in [-0.25, -0.2) is 14.8 Å². The van der Waals surface area contributed by atoms with Crippen molar-refractivity contribution < 1.29 is 4.39 Å². The molecule has 0 saturated carbocycles. The lowest BCUT2D eigenvalue weighted by Gasteiger charge is -2.02. The van der Waals surface area contributed by atoms with Crippen LogP contribution in [0.2, 0.25) is 0 Å². The minimum absolute atomic E-state index is 0.271. The van der Waals surface area contributed by atoms with Crippen LogP contribution in [0.5, 0.6) is 0 Å². The van der Waals surface area contributed by atoms with E-state index in [9.17, 15) is 4.39 Å². The zero-order valence-corrected chi connectivity index (χ0v) is 9.00. The van der Waals surface area contributed by atoms with E-state index in [-0.39, 0.29) is 5.82 Å². The highest BCUT2D eigenvalue weighted by molar-refractivity contribution is 5.85. The van der Waals surface area contributed by atoms with Crippen molar-refractivity contribution in [2.75, 3.05) is 13.1 Å². The van der Waals surface area contributed by atoms with Gasteiger partial charge in [0.05, 0.1) is 12.8 Å². The smallest absolute Gasteiger partial charge is 0.212 e. The van der Waals surface area contributed by atoms with Gasteiger partial charge in [0.1, 0.15) is 5.82 Å². The highest BCUT2D eigenvalue weighted by Crippen LogP contribution is 2.09. The fraction of sp³-hybridized carbons (Fsp3) is 0.273. The van der Waals surface area contributed by atoms with Crippen molar-refractivity contribution >= 4 is 12.2 Å². The number of guanidine groups is 1. The van der Waals surface area contributed by atoms with E-state index >= 15 is 0 Å². The molecule has 4 nitrogen and oxygen atoms in total. The molecule has 84 valence electrons. The number of nitrogens with one attached hydrogen (secondary N) is 2. The quantitative estimate of drug-likeness (QED) is 0.577. The maximum absolute atomic E-state index is 13.4. The highest BCUT2D eigenvalue weighted by atomic mass is 19.1. The molecule has 0 aromatic heterocycles. The molecule has 2 N–H and O–H groups in total. The van der Waals surface area contributed by atoms with E-state index < -0.39 is 0 Å². The molecular formula is C11H13FN4. The summed E-state index contributed by atoms with van der Waals surface area (Å²) >= 11 is 0. The van der Waals surface area contributed by atoms with Crippen LogP contribution in [0.3, 0.4) is 0 Å². The maximum Gasteiger partial charge on any atom is 0.212 e. The molecule has 1 aromatic rings. The van der Waals surface area contributed by atoms with Crippen LogP contribution < -0.4 is 10.7 Å². The first kappa shape index (κ1) is 10.6. The molecule has 1 aliphatic rings. The summed E-state index contributed by atoms with van der Waals surface area (Å²) in [4.78, 5) is 4.10. The summed E-state index contributed by atoms with van der Waals surface area (Å²) in [5.74, 6) is 0.358. The molecule has 2 rings (SSSR count). The monoisotopic (exact) mass is 220 g/mol. The molecule has 0 bridgehead atoms. The Morgan fingerprint density at radius 2 is 2.44 bits per heavy atom.